The molecule has 0 saturated heterocycles. The van der Waals surface area contributed by atoms with Gasteiger partial charge in [0.25, 0.3) is 0 Å². The second-order valence-electron chi connectivity index (χ2n) is 7.52. The molecule has 2 aromatic carbocycles. The number of hydrogen-bond acceptors (Lipinski definition) is 5. The molecule has 0 aliphatic carbocycles. The molecule has 3 rings (SSSR count). The number of anilines is 1. The van der Waals surface area contributed by atoms with Crippen LogP contribution in [0.3, 0.4) is 0 Å². The van der Waals surface area contributed by atoms with Gasteiger partial charge in [0.15, 0.2) is 0 Å². The summed E-state index contributed by atoms with van der Waals surface area (Å²) in [6.07, 6.45) is 2.54. The van der Waals surface area contributed by atoms with Crippen molar-refractivity contribution < 1.29 is 14.6 Å². The number of nitrogens with one attached hydrogen (secondary N) is 2. The van der Waals surface area contributed by atoms with Crippen LogP contribution in [0.25, 0.3) is 0 Å². The lowest BCUT2D eigenvalue weighted by atomic mass is 10.1. The molecule has 0 saturated carbocycles. The first-order valence-electron chi connectivity index (χ1n) is 10.5. The number of nitrogens with zero attached hydrogens (tertiary/aromatic N) is 2. The largest absolute Gasteiger partial charge is 0.508 e. The summed E-state index contributed by atoms with van der Waals surface area (Å²) in [5, 5.41) is 19.5. The third-order valence-corrected chi connectivity index (χ3v) is 5.12. The summed E-state index contributed by atoms with van der Waals surface area (Å²) in [5.74, 6) is 0.128. The molecule has 3 N–H and O–H groups in total. The molecule has 1 aromatic heterocycles. The number of aromatic nitrogens is 2. The summed E-state index contributed by atoms with van der Waals surface area (Å²) < 4.78 is 5.86. The van der Waals surface area contributed by atoms with Gasteiger partial charge < -0.3 is 20.1 Å². The molecule has 31 heavy (non-hydrogen) atoms. The number of ether oxygens (including phenoxy) is 1. The van der Waals surface area contributed by atoms with Gasteiger partial charge in [0.05, 0.1) is 18.8 Å². The van der Waals surface area contributed by atoms with Crippen molar-refractivity contribution in [3.63, 3.8) is 0 Å². The summed E-state index contributed by atoms with van der Waals surface area (Å²) in [7, 11) is 0. The number of H-pyrrole nitrogens is 1. The van der Waals surface area contributed by atoms with Crippen molar-refractivity contribution >= 4 is 11.6 Å². The van der Waals surface area contributed by atoms with Crippen molar-refractivity contribution in [2.24, 2.45) is 0 Å². The molecule has 7 nitrogen and oxygen atoms in total. The molecule has 0 radical (unpaired) electrons. The number of phenolic OH excluding ortho intramolecular Hbond substituents is 1. The van der Waals surface area contributed by atoms with Gasteiger partial charge in [-0.2, -0.15) is 5.10 Å². The molecule has 3 aromatic rings. The molecular weight excluding hydrogens is 392 g/mol. The standard InChI is InChI=1S/C24H30N4O3/c1-18-21(15-26-27-18)16-28(22-9-11-23(29)12-10-22)17-24(30)25-13-6-14-31-19(2)20-7-4-3-5-8-20/h3-5,7-12,15,19,29H,6,13-14,16-17H2,1-2H3,(H,25,30)(H,26,27)/t19-/m1/s1. The maximum atomic E-state index is 12.6. The molecule has 0 fully saturated rings. The number of rotatable bonds is 11. The van der Waals surface area contributed by atoms with Crippen LogP contribution in [0.15, 0.2) is 60.8 Å². The van der Waals surface area contributed by atoms with E-state index in [4.69, 9.17) is 4.74 Å². The third-order valence-electron chi connectivity index (χ3n) is 5.12. The van der Waals surface area contributed by atoms with Gasteiger partial charge in [0.1, 0.15) is 5.75 Å². The lowest BCUT2D eigenvalue weighted by molar-refractivity contribution is -0.119. The van der Waals surface area contributed by atoms with Gasteiger partial charge in [-0.1, -0.05) is 30.3 Å². The number of amides is 1. The van der Waals surface area contributed by atoms with E-state index in [0.29, 0.717) is 19.7 Å². The second-order valence-corrected chi connectivity index (χ2v) is 7.52. The fourth-order valence-corrected chi connectivity index (χ4v) is 3.25. The monoisotopic (exact) mass is 422 g/mol. The minimum atomic E-state index is -0.0645. The first kappa shape index (κ1) is 22.4. The van der Waals surface area contributed by atoms with Crippen molar-refractivity contribution in [2.45, 2.75) is 32.9 Å². The number of aromatic hydroxyl groups is 1. The Morgan fingerprint density at radius 3 is 2.61 bits per heavy atom. The van der Waals surface area contributed by atoms with Crippen LogP contribution >= 0.6 is 0 Å². The minimum absolute atomic E-state index is 0.0279. The van der Waals surface area contributed by atoms with E-state index in [1.165, 1.54) is 0 Å². The molecule has 0 spiro atoms. The Bertz CT molecular complexity index is 941. The van der Waals surface area contributed by atoms with Gasteiger partial charge in [0, 0.05) is 36.6 Å². The zero-order valence-corrected chi connectivity index (χ0v) is 18.0. The lowest BCUT2D eigenvalue weighted by Gasteiger charge is -2.24. The van der Waals surface area contributed by atoms with Crippen LogP contribution in [0.1, 0.15) is 36.3 Å². The van der Waals surface area contributed by atoms with Crippen LogP contribution in [-0.4, -0.2) is 40.9 Å². The predicted octanol–water partition coefficient (Wildman–Crippen LogP) is 3.71. The minimum Gasteiger partial charge on any atom is -0.508 e. The third kappa shape index (κ3) is 6.86. The SMILES string of the molecule is Cc1[nH]ncc1CN(CC(=O)NCCCO[C@H](C)c1ccccc1)c1ccc(O)cc1. The summed E-state index contributed by atoms with van der Waals surface area (Å²) >= 11 is 0. The summed E-state index contributed by atoms with van der Waals surface area (Å²) in [4.78, 5) is 14.5. The Morgan fingerprint density at radius 1 is 1.19 bits per heavy atom. The van der Waals surface area contributed by atoms with Crippen molar-refractivity contribution in [3.8, 4) is 5.75 Å². The maximum Gasteiger partial charge on any atom is 0.239 e. The van der Waals surface area contributed by atoms with E-state index >= 15 is 0 Å². The summed E-state index contributed by atoms with van der Waals surface area (Å²) in [5.41, 5.74) is 3.98. The molecule has 0 unspecified atom stereocenters. The molecule has 1 atom stereocenters. The van der Waals surface area contributed by atoms with Gasteiger partial charge >= 0.3 is 0 Å². The van der Waals surface area contributed by atoms with Gasteiger partial charge in [-0.15, -0.1) is 0 Å². The van der Waals surface area contributed by atoms with Crippen LogP contribution in [0.4, 0.5) is 5.69 Å². The molecular formula is C24H30N4O3. The van der Waals surface area contributed by atoms with Crippen LogP contribution in [0, 0.1) is 6.92 Å². The Balaban J connectivity index is 1.47. The van der Waals surface area contributed by atoms with Crippen LogP contribution in [0.2, 0.25) is 0 Å². The number of aromatic amines is 1. The average molecular weight is 423 g/mol. The van der Waals surface area contributed by atoms with Crippen molar-refractivity contribution in [3.05, 3.63) is 77.6 Å². The van der Waals surface area contributed by atoms with Crippen LogP contribution in [0.5, 0.6) is 5.75 Å². The first-order valence-corrected chi connectivity index (χ1v) is 10.5. The van der Waals surface area contributed by atoms with E-state index in [0.717, 1.165) is 28.9 Å². The van der Waals surface area contributed by atoms with E-state index in [9.17, 15) is 9.90 Å². The van der Waals surface area contributed by atoms with Crippen molar-refractivity contribution in [2.75, 3.05) is 24.6 Å². The number of carbonyl (C=O) groups excluding carboxylic acids is 1. The van der Waals surface area contributed by atoms with Gasteiger partial charge in [-0.05, 0) is 50.1 Å². The maximum absolute atomic E-state index is 12.6. The van der Waals surface area contributed by atoms with E-state index in [2.05, 4.69) is 15.5 Å². The molecule has 1 amide bonds. The van der Waals surface area contributed by atoms with Gasteiger partial charge in [0.2, 0.25) is 5.91 Å². The van der Waals surface area contributed by atoms with E-state index in [1.54, 1.807) is 30.5 Å². The number of aryl methyl sites for hydroxylation is 1. The summed E-state index contributed by atoms with van der Waals surface area (Å²) in [6.45, 7) is 5.85. The summed E-state index contributed by atoms with van der Waals surface area (Å²) in [6, 6.07) is 16.9. The Kier molecular flexibility index (Phi) is 8.06. The lowest BCUT2D eigenvalue weighted by Crippen LogP contribution is -2.37. The molecule has 1 heterocycles. The zero-order chi connectivity index (χ0) is 22.1. The Hall–Kier alpha value is -3.32. The number of phenols is 1. The Labute approximate surface area is 183 Å². The van der Waals surface area contributed by atoms with E-state index in [-0.39, 0.29) is 24.3 Å². The number of hydrogen-bond donors (Lipinski definition) is 3. The van der Waals surface area contributed by atoms with Gasteiger partial charge in [-0.25, -0.2) is 0 Å². The fraction of sp³-hybridized carbons (Fsp3) is 0.333. The highest BCUT2D eigenvalue weighted by atomic mass is 16.5. The van der Waals surface area contributed by atoms with Crippen molar-refractivity contribution in [1.82, 2.24) is 15.5 Å². The first-order chi connectivity index (χ1) is 15.0. The molecule has 0 bridgehead atoms. The van der Waals surface area contributed by atoms with E-state index in [1.807, 2.05) is 49.1 Å². The quantitative estimate of drug-likeness (QED) is 0.410. The molecule has 0 aliphatic rings. The highest BCUT2D eigenvalue weighted by Crippen LogP contribution is 2.21. The zero-order valence-electron chi connectivity index (χ0n) is 18.0. The molecule has 164 valence electrons. The van der Waals surface area contributed by atoms with E-state index < -0.39 is 0 Å². The highest BCUT2D eigenvalue weighted by Gasteiger charge is 2.14. The average Bonchev–Trinajstić information content (AvgIpc) is 3.18. The predicted molar refractivity (Wildman–Crippen MR) is 121 cm³/mol. The molecule has 0 aliphatic heterocycles. The topological polar surface area (TPSA) is 90.5 Å². The molecule has 7 heteroatoms. The number of carbonyl (C=O) groups is 1. The Morgan fingerprint density at radius 2 is 1.94 bits per heavy atom. The number of benzene rings is 2. The van der Waals surface area contributed by atoms with Gasteiger partial charge in [-0.3, -0.25) is 9.89 Å². The van der Waals surface area contributed by atoms with Crippen LogP contribution in [-0.2, 0) is 16.1 Å². The second kappa shape index (κ2) is 11.2. The van der Waals surface area contributed by atoms with Crippen molar-refractivity contribution in [1.29, 1.82) is 0 Å². The fourth-order valence-electron chi connectivity index (χ4n) is 3.25. The van der Waals surface area contributed by atoms with Crippen LogP contribution < -0.4 is 10.2 Å². The smallest absolute Gasteiger partial charge is 0.239 e. The highest BCUT2D eigenvalue weighted by molar-refractivity contribution is 5.81. The normalized spacial score (nSPS) is 11.8.